The van der Waals surface area contributed by atoms with Crippen molar-refractivity contribution < 1.29 is 14.3 Å². The first-order valence-electron chi connectivity index (χ1n) is 5.86. The Balaban J connectivity index is 1.97. The van der Waals surface area contributed by atoms with E-state index < -0.39 is 5.97 Å². The Morgan fingerprint density at radius 3 is 2.65 bits per heavy atom. The lowest BCUT2D eigenvalue weighted by atomic mass is 10.1. The molecule has 1 aromatic heterocycles. The van der Waals surface area contributed by atoms with Gasteiger partial charge >= 0.3 is 5.97 Å². The van der Waals surface area contributed by atoms with Gasteiger partial charge in [-0.1, -0.05) is 12.1 Å². The second kappa shape index (κ2) is 6.33. The van der Waals surface area contributed by atoms with Crippen LogP contribution in [-0.2, 0) is 9.53 Å². The molecule has 0 saturated carbocycles. The smallest absolute Gasteiger partial charge is 0.337 e. The summed E-state index contributed by atoms with van der Waals surface area (Å²) in [7, 11) is 1.33. The Labute approximate surface area is 115 Å². The molecular formula is C14H13N3O3. The third kappa shape index (κ3) is 3.55. The van der Waals surface area contributed by atoms with Crippen LogP contribution in [0.2, 0.25) is 0 Å². The number of anilines is 1. The van der Waals surface area contributed by atoms with Gasteiger partial charge in [0.1, 0.15) is 0 Å². The summed E-state index contributed by atoms with van der Waals surface area (Å²) in [5.41, 5.74) is 1.26. The average Bonchev–Trinajstić information content (AvgIpc) is 2.97. The van der Waals surface area contributed by atoms with Crippen LogP contribution in [0.4, 0.5) is 5.95 Å². The third-order valence-electron chi connectivity index (χ3n) is 2.50. The number of rotatable bonds is 4. The highest BCUT2D eigenvalue weighted by Gasteiger charge is 2.03. The number of nitrogens with zero attached hydrogens (tertiary/aromatic N) is 1. The molecule has 0 saturated heterocycles. The van der Waals surface area contributed by atoms with Gasteiger partial charge in [-0.25, -0.2) is 9.78 Å². The zero-order valence-corrected chi connectivity index (χ0v) is 10.8. The Kier molecular flexibility index (Phi) is 4.28. The lowest BCUT2D eigenvalue weighted by Gasteiger charge is -1.99. The summed E-state index contributed by atoms with van der Waals surface area (Å²) in [6.07, 6.45) is 6.19. The molecule has 0 fully saturated rings. The summed E-state index contributed by atoms with van der Waals surface area (Å²) < 4.78 is 4.60. The van der Waals surface area contributed by atoms with Crippen LogP contribution in [0.5, 0.6) is 0 Å². The fourth-order valence-electron chi connectivity index (χ4n) is 1.51. The van der Waals surface area contributed by atoms with Gasteiger partial charge in [0.2, 0.25) is 5.95 Å². The monoisotopic (exact) mass is 271 g/mol. The van der Waals surface area contributed by atoms with Crippen molar-refractivity contribution in [2.75, 3.05) is 12.4 Å². The van der Waals surface area contributed by atoms with Crippen LogP contribution < -0.4 is 5.32 Å². The fraction of sp³-hybridized carbons (Fsp3) is 0.0714. The number of benzene rings is 1. The molecule has 2 aromatic rings. The average molecular weight is 271 g/mol. The molecule has 0 radical (unpaired) electrons. The Hall–Kier alpha value is -2.89. The molecule has 1 amide bonds. The zero-order valence-electron chi connectivity index (χ0n) is 10.8. The van der Waals surface area contributed by atoms with Crippen molar-refractivity contribution in [1.82, 2.24) is 9.97 Å². The number of H-pyrrole nitrogens is 1. The summed E-state index contributed by atoms with van der Waals surface area (Å²) >= 11 is 0. The summed E-state index contributed by atoms with van der Waals surface area (Å²) in [5, 5.41) is 2.56. The molecule has 6 nitrogen and oxygen atoms in total. The van der Waals surface area contributed by atoms with Gasteiger partial charge in [-0.05, 0) is 23.8 Å². The molecule has 2 N–H and O–H groups in total. The van der Waals surface area contributed by atoms with Gasteiger partial charge in [0, 0.05) is 18.5 Å². The van der Waals surface area contributed by atoms with Crippen molar-refractivity contribution >= 4 is 23.9 Å². The van der Waals surface area contributed by atoms with Gasteiger partial charge in [-0.2, -0.15) is 0 Å². The Bertz CT molecular complexity index is 616. The van der Waals surface area contributed by atoms with Gasteiger partial charge in [0.05, 0.1) is 12.7 Å². The molecule has 0 aliphatic carbocycles. The van der Waals surface area contributed by atoms with E-state index in [-0.39, 0.29) is 5.91 Å². The number of esters is 1. The zero-order chi connectivity index (χ0) is 14.4. The fourth-order valence-corrected chi connectivity index (χ4v) is 1.51. The number of aromatic nitrogens is 2. The van der Waals surface area contributed by atoms with Crippen LogP contribution in [0.1, 0.15) is 15.9 Å². The van der Waals surface area contributed by atoms with Gasteiger partial charge < -0.3 is 9.72 Å². The van der Waals surface area contributed by atoms with Crippen LogP contribution in [-0.4, -0.2) is 29.0 Å². The number of amides is 1. The SMILES string of the molecule is COC(=O)c1ccc(/C=C/C(=O)Nc2ncc[nH]2)cc1. The van der Waals surface area contributed by atoms with E-state index in [1.54, 1.807) is 42.7 Å². The van der Waals surface area contributed by atoms with Crippen molar-refractivity contribution in [3.05, 3.63) is 53.9 Å². The number of carbonyl (C=O) groups is 2. The number of hydrogen-bond acceptors (Lipinski definition) is 4. The van der Waals surface area contributed by atoms with E-state index in [1.165, 1.54) is 13.2 Å². The van der Waals surface area contributed by atoms with E-state index in [1.807, 2.05) is 0 Å². The van der Waals surface area contributed by atoms with E-state index in [9.17, 15) is 9.59 Å². The van der Waals surface area contributed by atoms with Gasteiger partial charge in [-0.3, -0.25) is 10.1 Å². The lowest BCUT2D eigenvalue weighted by molar-refractivity contribution is -0.111. The van der Waals surface area contributed by atoms with Crippen LogP contribution in [0.3, 0.4) is 0 Å². The highest BCUT2D eigenvalue weighted by Crippen LogP contribution is 2.07. The predicted molar refractivity (Wildman–Crippen MR) is 74.0 cm³/mol. The first-order chi connectivity index (χ1) is 9.69. The normalized spacial score (nSPS) is 10.4. The van der Waals surface area contributed by atoms with E-state index >= 15 is 0 Å². The summed E-state index contributed by atoms with van der Waals surface area (Å²) in [6.45, 7) is 0. The van der Waals surface area contributed by atoms with E-state index in [2.05, 4.69) is 20.0 Å². The molecule has 0 unspecified atom stereocenters. The molecule has 102 valence electrons. The highest BCUT2D eigenvalue weighted by molar-refractivity contribution is 6.01. The summed E-state index contributed by atoms with van der Waals surface area (Å²) in [4.78, 5) is 29.5. The second-order valence-electron chi connectivity index (χ2n) is 3.87. The number of methoxy groups -OCH3 is 1. The van der Waals surface area contributed by atoms with Crippen molar-refractivity contribution in [1.29, 1.82) is 0 Å². The van der Waals surface area contributed by atoms with Crippen molar-refractivity contribution in [2.45, 2.75) is 0 Å². The van der Waals surface area contributed by atoms with E-state index in [4.69, 9.17) is 0 Å². The van der Waals surface area contributed by atoms with Gasteiger partial charge in [-0.15, -0.1) is 0 Å². The molecule has 2 rings (SSSR count). The van der Waals surface area contributed by atoms with Crippen LogP contribution in [0.25, 0.3) is 6.08 Å². The molecule has 20 heavy (non-hydrogen) atoms. The number of carbonyl (C=O) groups excluding carboxylic acids is 2. The maximum Gasteiger partial charge on any atom is 0.337 e. The summed E-state index contributed by atoms with van der Waals surface area (Å²) in [6, 6.07) is 6.72. The minimum absolute atomic E-state index is 0.294. The molecule has 1 heterocycles. The van der Waals surface area contributed by atoms with E-state index in [0.29, 0.717) is 11.5 Å². The molecular weight excluding hydrogens is 258 g/mol. The maximum atomic E-state index is 11.6. The largest absolute Gasteiger partial charge is 0.465 e. The Morgan fingerprint density at radius 2 is 2.05 bits per heavy atom. The quantitative estimate of drug-likeness (QED) is 0.656. The van der Waals surface area contributed by atoms with Gasteiger partial charge in [0.25, 0.3) is 5.91 Å². The van der Waals surface area contributed by atoms with Crippen molar-refractivity contribution in [2.24, 2.45) is 0 Å². The topological polar surface area (TPSA) is 84.1 Å². The molecule has 0 atom stereocenters. The standard InChI is InChI=1S/C14H13N3O3/c1-20-13(19)11-5-2-10(3-6-11)4-7-12(18)17-14-15-8-9-16-14/h2-9H,1H3,(H2,15,16,17,18)/b7-4+. The molecule has 0 aliphatic heterocycles. The number of ether oxygens (including phenoxy) is 1. The lowest BCUT2D eigenvalue weighted by Crippen LogP contribution is -2.08. The van der Waals surface area contributed by atoms with Crippen LogP contribution in [0.15, 0.2) is 42.7 Å². The number of aromatic amines is 1. The van der Waals surface area contributed by atoms with Crippen molar-refractivity contribution in [3.63, 3.8) is 0 Å². The number of nitrogens with one attached hydrogen (secondary N) is 2. The molecule has 6 heteroatoms. The minimum atomic E-state index is -0.393. The molecule has 0 aliphatic rings. The van der Waals surface area contributed by atoms with Crippen LogP contribution >= 0.6 is 0 Å². The maximum absolute atomic E-state index is 11.6. The van der Waals surface area contributed by atoms with Crippen molar-refractivity contribution in [3.8, 4) is 0 Å². The predicted octanol–water partition coefficient (Wildman–Crippen LogP) is 1.85. The first kappa shape index (κ1) is 13.5. The first-order valence-corrected chi connectivity index (χ1v) is 5.86. The van der Waals surface area contributed by atoms with Crippen LogP contribution in [0, 0.1) is 0 Å². The Morgan fingerprint density at radius 1 is 1.30 bits per heavy atom. The summed E-state index contributed by atoms with van der Waals surface area (Å²) in [5.74, 6) is -0.297. The highest BCUT2D eigenvalue weighted by atomic mass is 16.5. The third-order valence-corrected chi connectivity index (χ3v) is 2.50. The number of imidazole rings is 1. The molecule has 0 spiro atoms. The number of hydrogen-bond donors (Lipinski definition) is 2. The van der Waals surface area contributed by atoms with E-state index in [0.717, 1.165) is 5.56 Å². The second-order valence-corrected chi connectivity index (χ2v) is 3.87. The molecule has 1 aromatic carbocycles. The minimum Gasteiger partial charge on any atom is -0.465 e. The molecule has 0 bridgehead atoms. The van der Waals surface area contributed by atoms with Gasteiger partial charge in [0.15, 0.2) is 0 Å².